The molecule has 1 saturated carbocycles. The molecule has 0 saturated heterocycles. The molecule has 1 amide bonds. The molecule has 3 atom stereocenters. The molecule has 3 heteroatoms. The number of hydrogen-bond donors (Lipinski definition) is 2. The van der Waals surface area contributed by atoms with Crippen molar-refractivity contribution < 1.29 is 4.79 Å². The van der Waals surface area contributed by atoms with Gasteiger partial charge in [-0.05, 0) is 31.1 Å². The van der Waals surface area contributed by atoms with Gasteiger partial charge in [0.25, 0.3) is 0 Å². The minimum atomic E-state index is -0.326. The fourth-order valence-corrected chi connectivity index (χ4v) is 2.02. The predicted octanol–water partition coefficient (Wildman–Crippen LogP) is 1.66. The van der Waals surface area contributed by atoms with E-state index in [4.69, 9.17) is 5.73 Å². The Labute approximate surface area is 92.8 Å². The Morgan fingerprint density at radius 1 is 1.53 bits per heavy atom. The lowest BCUT2D eigenvalue weighted by atomic mass is 10.0. The number of rotatable bonds is 6. The van der Waals surface area contributed by atoms with Crippen LogP contribution in [-0.4, -0.2) is 18.0 Å². The Bertz CT molecular complexity index is 216. The fourth-order valence-electron chi connectivity index (χ4n) is 2.02. The summed E-state index contributed by atoms with van der Waals surface area (Å²) in [4.78, 5) is 11.6. The summed E-state index contributed by atoms with van der Waals surface area (Å²) in [5.41, 5.74) is 5.80. The van der Waals surface area contributed by atoms with Crippen molar-refractivity contribution in [3.8, 4) is 0 Å². The summed E-state index contributed by atoms with van der Waals surface area (Å²) in [5, 5.41) is 3.03. The molecule has 0 aromatic rings. The number of amides is 1. The molecule has 0 heterocycles. The van der Waals surface area contributed by atoms with E-state index in [-0.39, 0.29) is 11.9 Å². The van der Waals surface area contributed by atoms with Crippen molar-refractivity contribution in [1.82, 2.24) is 5.32 Å². The highest BCUT2D eigenvalue weighted by Crippen LogP contribution is 2.34. The molecule has 1 fully saturated rings. The van der Waals surface area contributed by atoms with Gasteiger partial charge in [0, 0.05) is 6.04 Å². The molecule has 0 aliphatic heterocycles. The van der Waals surface area contributed by atoms with Gasteiger partial charge in [-0.25, -0.2) is 0 Å². The summed E-state index contributed by atoms with van der Waals surface area (Å²) in [6.07, 6.45) is 4.35. The van der Waals surface area contributed by atoms with E-state index in [1.807, 2.05) is 0 Å². The van der Waals surface area contributed by atoms with Crippen molar-refractivity contribution >= 4 is 5.91 Å². The summed E-state index contributed by atoms with van der Waals surface area (Å²) in [6.45, 7) is 6.36. The summed E-state index contributed by atoms with van der Waals surface area (Å²) in [6, 6.07) is 0.0866. The van der Waals surface area contributed by atoms with Crippen LogP contribution in [0.5, 0.6) is 0 Å². The van der Waals surface area contributed by atoms with Gasteiger partial charge in [-0.2, -0.15) is 0 Å². The first kappa shape index (κ1) is 12.5. The third kappa shape index (κ3) is 4.20. The van der Waals surface area contributed by atoms with E-state index in [0.29, 0.717) is 17.9 Å². The average Bonchev–Trinajstić information content (AvgIpc) is 2.83. The molecule has 1 rings (SSSR count). The van der Waals surface area contributed by atoms with Gasteiger partial charge in [0.05, 0.1) is 6.04 Å². The zero-order valence-electron chi connectivity index (χ0n) is 10.1. The van der Waals surface area contributed by atoms with Gasteiger partial charge in [0.15, 0.2) is 0 Å². The lowest BCUT2D eigenvalue weighted by molar-refractivity contribution is -0.122. The van der Waals surface area contributed by atoms with Crippen LogP contribution in [0.1, 0.15) is 46.5 Å². The smallest absolute Gasteiger partial charge is 0.237 e. The minimum absolute atomic E-state index is 0.0345. The van der Waals surface area contributed by atoms with Crippen LogP contribution in [0.4, 0.5) is 0 Å². The molecule has 0 radical (unpaired) electrons. The molecule has 3 nitrogen and oxygen atoms in total. The zero-order valence-corrected chi connectivity index (χ0v) is 10.1. The SMILES string of the molecule is CCCC1CC1NC(=O)[C@H](N)CC(C)C. The second kappa shape index (κ2) is 5.50. The van der Waals surface area contributed by atoms with Crippen LogP contribution >= 0.6 is 0 Å². The Balaban J connectivity index is 2.19. The van der Waals surface area contributed by atoms with Crippen LogP contribution in [0.2, 0.25) is 0 Å². The highest BCUT2D eigenvalue weighted by atomic mass is 16.2. The molecule has 0 bridgehead atoms. The van der Waals surface area contributed by atoms with Crippen molar-refractivity contribution in [2.24, 2.45) is 17.6 Å². The molecule has 0 aromatic carbocycles. The lowest BCUT2D eigenvalue weighted by Gasteiger charge is -2.14. The third-order valence-electron chi connectivity index (χ3n) is 2.97. The first-order valence-corrected chi connectivity index (χ1v) is 6.10. The molecule has 1 aliphatic carbocycles. The molecule has 15 heavy (non-hydrogen) atoms. The van der Waals surface area contributed by atoms with Crippen molar-refractivity contribution in [2.75, 3.05) is 0 Å². The molecule has 2 unspecified atom stereocenters. The summed E-state index contributed by atoms with van der Waals surface area (Å²) < 4.78 is 0. The van der Waals surface area contributed by atoms with Crippen LogP contribution in [-0.2, 0) is 4.79 Å². The van der Waals surface area contributed by atoms with Crippen LogP contribution in [0, 0.1) is 11.8 Å². The molecule has 88 valence electrons. The number of hydrogen-bond acceptors (Lipinski definition) is 2. The Morgan fingerprint density at radius 3 is 2.73 bits per heavy atom. The van der Waals surface area contributed by atoms with E-state index < -0.39 is 0 Å². The van der Waals surface area contributed by atoms with Gasteiger partial charge in [0.1, 0.15) is 0 Å². The average molecular weight is 212 g/mol. The van der Waals surface area contributed by atoms with E-state index >= 15 is 0 Å². The van der Waals surface area contributed by atoms with Gasteiger partial charge in [-0.3, -0.25) is 4.79 Å². The zero-order chi connectivity index (χ0) is 11.4. The third-order valence-corrected chi connectivity index (χ3v) is 2.97. The van der Waals surface area contributed by atoms with Gasteiger partial charge in [-0.15, -0.1) is 0 Å². The first-order chi connectivity index (χ1) is 7.04. The van der Waals surface area contributed by atoms with Crippen molar-refractivity contribution in [3.05, 3.63) is 0 Å². The van der Waals surface area contributed by atoms with E-state index in [0.717, 1.165) is 12.8 Å². The summed E-state index contributed by atoms with van der Waals surface area (Å²) in [5.74, 6) is 1.23. The minimum Gasteiger partial charge on any atom is -0.352 e. The van der Waals surface area contributed by atoms with E-state index in [1.54, 1.807) is 0 Å². The van der Waals surface area contributed by atoms with E-state index in [1.165, 1.54) is 12.8 Å². The van der Waals surface area contributed by atoms with E-state index in [9.17, 15) is 4.79 Å². The second-order valence-corrected chi connectivity index (χ2v) is 5.14. The Hall–Kier alpha value is -0.570. The molecule has 3 N–H and O–H groups in total. The Morgan fingerprint density at radius 2 is 2.20 bits per heavy atom. The summed E-state index contributed by atoms with van der Waals surface area (Å²) in [7, 11) is 0. The molecule has 0 spiro atoms. The van der Waals surface area contributed by atoms with Crippen molar-refractivity contribution in [3.63, 3.8) is 0 Å². The maximum Gasteiger partial charge on any atom is 0.237 e. The number of carbonyl (C=O) groups excluding carboxylic acids is 1. The Kier molecular flexibility index (Phi) is 4.58. The maximum atomic E-state index is 11.6. The van der Waals surface area contributed by atoms with Gasteiger partial charge in [-0.1, -0.05) is 27.2 Å². The number of carbonyl (C=O) groups is 1. The van der Waals surface area contributed by atoms with Crippen LogP contribution in [0.25, 0.3) is 0 Å². The van der Waals surface area contributed by atoms with Crippen molar-refractivity contribution in [2.45, 2.75) is 58.5 Å². The summed E-state index contributed by atoms with van der Waals surface area (Å²) >= 11 is 0. The van der Waals surface area contributed by atoms with Gasteiger partial charge in [0.2, 0.25) is 5.91 Å². The lowest BCUT2D eigenvalue weighted by Crippen LogP contribution is -2.42. The predicted molar refractivity (Wildman–Crippen MR) is 62.4 cm³/mol. The first-order valence-electron chi connectivity index (χ1n) is 6.10. The van der Waals surface area contributed by atoms with Crippen LogP contribution in [0.3, 0.4) is 0 Å². The highest BCUT2D eigenvalue weighted by Gasteiger charge is 2.37. The normalized spacial score (nSPS) is 26.5. The van der Waals surface area contributed by atoms with Crippen LogP contribution < -0.4 is 11.1 Å². The molecule has 1 aliphatic rings. The fraction of sp³-hybridized carbons (Fsp3) is 0.917. The highest BCUT2D eigenvalue weighted by molar-refractivity contribution is 5.82. The monoisotopic (exact) mass is 212 g/mol. The quantitative estimate of drug-likeness (QED) is 0.703. The molecule has 0 aromatic heterocycles. The van der Waals surface area contributed by atoms with E-state index in [2.05, 4.69) is 26.1 Å². The largest absolute Gasteiger partial charge is 0.352 e. The second-order valence-electron chi connectivity index (χ2n) is 5.14. The van der Waals surface area contributed by atoms with Crippen molar-refractivity contribution in [1.29, 1.82) is 0 Å². The number of nitrogens with two attached hydrogens (primary N) is 1. The van der Waals surface area contributed by atoms with Crippen LogP contribution in [0.15, 0.2) is 0 Å². The topological polar surface area (TPSA) is 55.1 Å². The number of nitrogens with one attached hydrogen (secondary N) is 1. The molecular formula is C12H24N2O. The maximum absolute atomic E-state index is 11.6. The van der Waals surface area contributed by atoms with Gasteiger partial charge < -0.3 is 11.1 Å². The van der Waals surface area contributed by atoms with Gasteiger partial charge >= 0.3 is 0 Å². The molecular weight excluding hydrogens is 188 g/mol. The standard InChI is InChI=1S/C12H24N2O/c1-4-5-9-7-11(9)14-12(15)10(13)6-8(2)3/h8-11H,4-7,13H2,1-3H3,(H,14,15)/t9?,10-,11?/m1/s1.